The molecule has 3 nitrogen and oxygen atoms in total. The smallest absolute Gasteiger partial charge is 0.172 e. The van der Waals surface area contributed by atoms with E-state index in [0.717, 1.165) is 24.8 Å². The maximum atomic E-state index is 11.0. The van der Waals surface area contributed by atoms with Crippen LogP contribution in [0.4, 0.5) is 0 Å². The quantitative estimate of drug-likeness (QED) is 0.599. The zero-order valence-corrected chi connectivity index (χ0v) is 9.67. The Bertz CT molecular complexity index is 389. The molecule has 0 fully saturated rings. The molecule has 4 heteroatoms. The predicted octanol–water partition coefficient (Wildman–Crippen LogP) is 2.10. The summed E-state index contributed by atoms with van der Waals surface area (Å²) in [7, 11) is -2.71. The van der Waals surface area contributed by atoms with Crippen LogP contribution >= 0.6 is 0 Å². The highest BCUT2D eigenvalue weighted by Crippen LogP contribution is 2.23. The number of aromatic hydroxyl groups is 1. The predicted molar refractivity (Wildman–Crippen MR) is 59.9 cm³/mol. The van der Waals surface area contributed by atoms with E-state index in [9.17, 15) is 13.5 Å². The molecule has 0 heterocycles. The van der Waals surface area contributed by atoms with Gasteiger partial charge in [-0.2, -0.15) is 0 Å². The molecule has 0 amide bonds. The standard InChI is InChI=1S/C11H16O3S/c1-2-3-4-6-9-7-5-8-10(12)11(9)15(13)14/h5,7-8,12,15H,2-4,6H2,1H3. The summed E-state index contributed by atoms with van der Waals surface area (Å²) in [6.07, 6.45) is 3.83. The molecule has 0 atom stereocenters. The fourth-order valence-corrected chi connectivity index (χ4v) is 2.24. The van der Waals surface area contributed by atoms with Crippen molar-refractivity contribution in [2.45, 2.75) is 37.5 Å². The summed E-state index contributed by atoms with van der Waals surface area (Å²) in [4.78, 5) is 0.0867. The molecule has 0 saturated carbocycles. The van der Waals surface area contributed by atoms with Gasteiger partial charge in [0.2, 0.25) is 0 Å². The van der Waals surface area contributed by atoms with Crippen molar-refractivity contribution in [2.75, 3.05) is 0 Å². The highest BCUT2D eigenvalue weighted by atomic mass is 32.2. The van der Waals surface area contributed by atoms with Crippen molar-refractivity contribution in [3.8, 4) is 5.75 Å². The van der Waals surface area contributed by atoms with Gasteiger partial charge in [-0.3, -0.25) is 0 Å². The van der Waals surface area contributed by atoms with Gasteiger partial charge in [0.25, 0.3) is 0 Å². The topological polar surface area (TPSA) is 54.4 Å². The van der Waals surface area contributed by atoms with Crippen molar-refractivity contribution in [2.24, 2.45) is 0 Å². The van der Waals surface area contributed by atoms with Crippen LogP contribution in [-0.4, -0.2) is 13.5 Å². The molecule has 0 aliphatic rings. The van der Waals surface area contributed by atoms with Crippen LogP contribution in [0.1, 0.15) is 31.7 Å². The normalized spacial score (nSPS) is 10.8. The summed E-state index contributed by atoms with van der Waals surface area (Å²) in [6, 6.07) is 4.85. The molecule has 0 aromatic heterocycles. The first-order valence-corrected chi connectivity index (χ1v) is 6.29. The SMILES string of the molecule is CCCCCc1cccc(O)c1[SH](=O)=O. The van der Waals surface area contributed by atoms with Gasteiger partial charge in [-0.15, -0.1) is 0 Å². The molecule has 0 aliphatic carbocycles. The fraction of sp³-hybridized carbons (Fsp3) is 0.455. The highest BCUT2D eigenvalue weighted by molar-refractivity contribution is 7.72. The summed E-state index contributed by atoms with van der Waals surface area (Å²) in [5, 5.41) is 9.43. The van der Waals surface area contributed by atoms with E-state index >= 15 is 0 Å². The minimum absolute atomic E-state index is 0.0867. The third-order valence-electron chi connectivity index (χ3n) is 2.33. The number of benzene rings is 1. The second-order valence-corrected chi connectivity index (χ2v) is 4.46. The molecule has 1 rings (SSSR count). The Morgan fingerprint density at radius 2 is 2.00 bits per heavy atom. The van der Waals surface area contributed by atoms with E-state index in [1.807, 2.05) is 0 Å². The van der Waals surface area contributed by atoms with E-state index in [4.69, 9.17) is 0 Å². The average molecular weight is 228 g/mol. The number of hydrogen-bond acceptors (Lipinski definition) is 3. The van der Waals surface area contributed by atoms with E-state index in [2.05, 4.69) is 6.92 Å². The largest absolute Gasteiger partial charge is 0.507 e. The van der Waals surface area contributed by atoms with Crippen LogP contribution in [0.3, 0.4) is 0 Å². The minimum atomic E-state index is -2.71. The van der Waals surface area contributed by atoms with Gasteiger partial charge in [0.15, 0.2) is 10.7 Å². The van der Waals surface area contributed by atoms with Gasteiger partial charge >= 0.3 is 0 Å². The van der Waals surface area contributed by atoms with E-state index in [0.29, 0.717) is 6.42 Å². The summed E-state index contributed by atoms with van der Waals surface area (Å²) < 4.78 is 21.9. The second kappa shape index (κ2) is 5.75. The van der Waals surface area contributed by atoms with Gasteiger partial charge < -0.3 is 5.11 Å². The summed E-state index contributed by atoms with van der Waals surface area (Å²) >= 11 is 0. The number of aryl methyl sites for hydroxylation is 1. The molecule has 1 aromatic rings. The first-order valence-electron chi connectivity index (χ1n) is 5.12. The molecule has 0 radical (unpaired) electrons. The minimum Gasteiger partial charge on any atom is -0.507 e. The lowest BCUT2D eigenvalue weighted by Gasteiger charge is -2.05. The van der Waals surface area contributed by atoms with Crippen LogP contribution in [0.2, 0.25) is 0 Å². The van der Waals surface area contributed by atoms with Crippen molar-refractivity contribution in [3.63, 3.8) is 0 Å². The summed E-state index contributed by atoms with van der Waals surface area (Å²) in [5.74, 6) is -0.139. The number of unbranched alkanes of at least 4 members (excludes halogenated alkanes) is 2. The zero-order valence-electron chi connectivity index (χ0n) is 8.77. The Labute approximate surface area is 91.7 Å². The number of phenols is 1. The van der Waals surface area contributed by atoms with E-state index in [1.54, 1.807) is 12.1 Å². The molecule has 0 spiro atoms. The Morgan fingerprint density at radius 3 is 2.60 bits per heavy atom. The van der Waals surface area contributed by atoms with Crippen LogP contribution in [0.5, 0.6) is 5.75 Å². The molecule has 0 bridgehead atoms. The number of hydrogen-bond donors (Lipinski definition) is 2. The van der Waals surface area contributed by atoms with Crippen LogP contribution in [0.25, 0.3) is 0 Å². The molecule has 1 N–H and O–H groups in total. The van der Waals surface area contributed by atoms with Crippen LogP contribution in [0, 0.1) is 0 Å². The number of phenolic OH excluding ortho intramolecular Hbond substituents is 1. The van der Waals surface area contributed by atoms with Gasteiger partial charge in [-0.1, -0.05) is 31.9 Å². The van der Waals surface area contributed by atoms with Gasteiger partial charge in [-0.25, -0.2) is 8.42 Å². The number of rotatable bonds is 5. The van der Waals surface area contributed by atoms with Crippen LogP contribution in [0.15, 0.2) is 23.1 Å². The summed E-state index contributed by atoms with van der Waals surface area (Å²) in [6.45, 7) is 2.09. The van der Waals surface area contributed by atoms with Crippen molar-refractivity contribution >= 4 is 10.7 Å². The number of thiol groups is 1. The third-order valence-corrected chi connectivity index (χ3v) is 3.21. The lowest BCUT2D eigenvalue weighted by atomic mass is 10.1. The van der Waals surface area contributed by atoms with E-state index in [1.165, 1.54) is 6.07 Å². The van der Waals surface area contributed by atoms with Crippen LogP contribution < -0.4 is 0 Å². The molecule has 15 heavy (non-hydrogen) atoms. The molecule has 84 valence electrons. The molecular weight excluding hydrogens is 212 g/mol. The zero-order chi connectivity index (χ0) is 11.3. The maximum absolute atomic E-state index is 11.0. The van der Waals surface area contributed by atoms with Gasteiger partial charge in [0, 0.05) is 0 Å². The first kappa shape index (κ1) is 12.0. The Kier molecular flexibility index (Phi) is 4.62. The molecule has 1 aromatic carbocycles. The maximum Gasteiger partial charge on any atom is 0.172 e. The van der Waals surface area contributed by atoms with Gasteiger partial charge in [0.1, 0.15) is 10.6 Å². The van der Waals surface area contributed by atoms with Crippen molar-refractivity contribution in [1.82, 2.24) is 0 Å². The molecule has 0 aliphatic heterocycles. The highest BCUT2D eigenvalue weighted by Gasteiger charge is 2.09. The monoisotopic (exact) mass is 228 g/mol. The Morgan fingerprint density at radius 1 is 1.27 bits per heavy atom. The van der Waals surface area contributed by atoms with Crippen molar-refractivity contribution in [3.05, 3.63) is 23.8 Å². The molecule has 0 saturated heterocycles. The summed E-state index contributed by atoms with van der Waals surface area (Å²) in [5.41, 5.74) is 0.722. The van der Waals surface area contributed by atoms with Gasteiger partial charge in [0.05, 0.1) is 0 Å². The third kappa shape index (κ3) is 3.23. The van der Waals surface area contributed by atoms with E-state index < -0.39 is 10.7 Å². The van der Waals surface area contributed by atoms with Crippen LogP contribution in [-0.2, 0) is 17.1 Å². The van der Waals surface area contributed by atoms with Gasteiger partial charge in [-0.05, 0) is 24.5 Å². The van der Waals surface area contributed by atoms with Crippen molar-refractivity contribution < 1.29 is 13.5 Å². The molecule has 0 unspecified atom stereocenters. The Hall–Kier alpha value is -1.03. The lowest BCUT2D eigenvalue weighted by Crippen LogP contribution is -1.93. The Balaban J connectivity index is 2.91. The van der Waals surface area contributed by atoms with Crippen molar-refractivity contribution in [1.29, 1.82) is 0 Å². The average Bonchev–Trinajstić information content (AvgIpc) is 2.17. The molecular formula is C11H16O3S. The lowest BCUT2D eigenvalue weighted by molar-refractivity contribution is 0.457. The fourth-order valence-electron chi connectivity index (χ4n) is 1.56. The van der Waals surface area contributed by atoms with E-state index in [-0.39, 0.29) is 10.6 Å². The first-order chi connectivity index (χ1) is 7.16. The second-order valence-electron chi connectivity index (χ2n) is 3.50.